The fraction of sp³-hybridized carbons (Fsp3) is 0.500. The second kappa shape index (κ2) is 2.01. The van der Waals surface area contributed by atoms with Crippen LogP contribution in [-0.4, -0.2) is 11.6 Å². The SMILES string of the molecule is O=C1C=CC(=O)C23[C@@H]4C=C[C@@H]5C4C4[C@H](C=C[C@@H]42)C153. The second-order valence-electron chi connectivity index (χ2n) is 6.83. The second-order valence-corrected chi connectivity index (χ2v) is 6.83. The first-order valence-electron chi connectivity index (χ1n) is 6.89. The first-order chi connectivity index (χ1) is 8.75. The third kappa shape index (κ3) is 0.434. The van der Waals surface area contributed by atoms with Gasteiger partial charge in [-0.1, -0.05) is 24.3 Å². The number of allylic oxidation sites excluding steroid dienone is 6. The Labute approximate surface area is 104 Å². The number of rotatable bonds is 0. The highest BCUT2D eigenvalue weighted by molar-refractivity contribution is 6.15. The number of carbonyl (C=O) groups excluding carboxylic acids is 2. The highest BCUT2D eigenvalue weighted by atomic mass is 16.1. The van der Waals surface area contributed by atoms with Crippen LogP contribution >= 0.6 is 0 Å². The van der Waals surface area contributed by atoms with E-state index in [-0.39, 0.29) is 22.4 Å². The van der Waals surface area contributed by atoms with Crippen molar-refractivity contribution in [1.29, 1.82) is 0 Å². The van der Waals surface area contributed by atoms with Crippen molar-refractivity contribution in [2.45, 2.75) is 0 Å². The van der Waals surface area contributed by atoms with Crippen molar-refractivity contribution in [3.05, 3.63) is 36.5 Å². The molecule has 7 rings (SSSR count). The van der Waals surface area contributed by atoms with Crippen LogP contribution < -0.4 is 0 Å². The van der Waals surface area contributed by atoms with Crippen LogP contribution in [0.2, 0.25) is 0 Å². The van der Waals surface area contributed by atoms with Crippen molar-refractivity contribution >= 4 is 11.6 Å². The minimum Gasteiger partial charge on any atom is -0.294 e. The number of hydrogen-bond donors (Lipinski definition) is 0. The van der Waals surface area contributed by atoms with E-state index < -0.39 is 0 Å². The van der Waals surface area contributed by atoms with Gasteiger partial charge in [0, 0.05) is 0 Å². The van der Waals surface area contributed by atoms with Crippen LogP contribution in [0.25, 0.3) is 0 Å². The van der Waals surface area contributed by atoms with Gasteiger partial charge in [0.2, 0.25) is 0 Å². The fourth-order valence-electron chi connectivity index (χ4n) is 7.26. The zero-order valence-corrected chi connectivity index (χ0v) is 9.74. The third-order valence-corrected chi connectivity index (χ3v) is 7.14. The fourth-order valence-corrected chi connectivity index (χ4v) is 7.26. The van der Waals surface area contributed by atoms with Gasteiger partial charge in [-0.05, 0) is 47.7 Å². The van der Waals surface area contributed by atoms with Crippen LogP contribution in [0.3, 0.4) is 0 Å². The summed E-state index contributed by atoms with van der Waals surface area (Å²) in [5, 5.41) is 0. The van der Waals surface area contributed by atoms with Crippen molar-refractivity contribution in [2.24, 2.45) is 46.3 Å². The van der Waals surface area contributed by atoms with Crippen molar-refractivity contribution in [3.8, 4) is 0 Å². The molecule has 18 heavy (non-hydrogen) atoms. The molecule has 8 bridgehead atoms. The molecule has 2 unspecified atom stereocenters. The van der Waals surface area contributed by atoms with Crippen molar-refractivity contribution in [2.75, 3.05) is 0 Å². The Morgan fingerprint density at radius 3 is 1.33 bits per heavy atom. The predicted octanol–water partition coefficient (Wildman–Crippen LogP) is 1.54. The summed E-state index contributed by atoms with van der Waals surface area (Å²) in [6.45, 7) is 0. The van der Waals surface area contributed by atoms with E-state index >= 15 is 0 Å². The maximum Gasteiger partial charge on any atom is 0.164 e. The quantitative estimate of drug-likeness (QED) is 0.598. The smallest absolute Gasteiger partial charge is 0.164 e. The summed E-state index contributed by atoms with van der Waals surface area (Å²) in [7, 11) is 0. The lowest BCUT2D eigenvalue weighted by Crippen LogP contribution is -2.58. The summed E-state index contributed by atoms with van der Waals surface area (Å²) in [6, 6.07) is 0. The molecule has 2 heteroatoms. The molecular weight excluding hydrogens is 224 g/mol. The monoisotopic (exact) mass is 236 g/mol. The van der Waals surface area contributed by atoms with Gasteiger partial charge in [0.05, 0.1) is 10.8 Å². The topological polar surface area (TPSA) is 34.1 Å². The molecule has 2 nitrogen and oxygen atoms in total. The van der Waals surface area contributed by atoms with Crippen LogP contribution in [0, 0.1) is 46.3 Å². The Bertz CT molecular complexity index is 566. The van der Waals surface area contributed by atoms with E-state index in [9.17, 15) is 9.59 Å². The summed E-state index contributed by atoms with van der Waals surface area (Å²) in [5.41, 5.74) is -0.736. The van der Waals surface area contributed by atoms with Gasteiger partial charge in [0.15, 0.2) is 11.6 Å². The molecule has 7 aliphatic rings. The number of ketones is 2. The number of hydrogen-bond acceptors (Lipinski definition) is 2. The zero-order chi connectivity index (χ0) is 11.9. The predicted molar refractivity (Wildman–Crippen MR) is 63.2 cm³/mol. The van der Waals surface area contributed by atoms with E-state index in [1.54, 1.807) is 12.2 Å². The van der Waals surface area contributed by atoms with Crippen LogP contribution in [0.5, 0.6) is 0 Å². The van der Waals surface area contributed by atoms with Gasteiger partial charge in [-0.15, -0.1) is 0 Å². The van der Waals surface area contributed by atoms with Crippen LogP contribution in [0.4, 0.5) is 0 Å². The van der Waals surface area contributed by atoms with Crippen LogP contribution in [0.15, 0.2) is 36.5 Å². The van der Waals surface area contributed by atoms with E-state index in [1.165, 1.54) is 0 Å². The molecule has 0 N–H and O–H groups in total. The van der Waals surface area contributed by atoms with Gasteiger partial charge in [0.25, 0.3) is 0 Å². The normalized spacial score (nSPS) is 66.9. The van der Waals surface area contributed by atoms with Gasteiger partial charge in [-0.25, -0.2) is 0 Å². The van der Waals surface area contributed by atoms with E-state index in [0.717, 1.165) is 0 Å². The minimum absolute atomic E-state index is 0.239. The molecule has 0 aromatic carbocycles. The Morgan fingerprint density at radius 1 is 0.667 bits per heavy atom. The molecule has 0 heterocycles. The summed E-state index contributed by atoms with van der Waals surface area (Å²) < 4.78 is 0. The maximum atomic E-state index is 12.7. The number of carbonyl (C=O) groups is 2. The Morgan fingerprint density at radius 2 is 1.00 bits per heavy atom. The molecule has 7 aliphatic carbocycles. The van der Waals surface area contributed by atoms with Gasteiger partial charge < -0.3 is 0 Å². The molecule has 4 saturated carbocycles. The lowest BCUT2D eigenvalue weighted by Gasteiger charge is -2.51. The van der Waals surface area contributed by atoms with Gasteiger partial charge in [-0.2, -0.15) is 0 Å². The molecular formula is C16H12O2. The van der Waals surface area contributed by atoms with Crippen molar-refractivity contribution in [1.82, 2.24) is 0 Å². The third-order valence-electron chi connectivity index (χ3n) is 7.14. The van der Waals surface area contributed by atoms with Crippen molar-refractivity contribution < 1.29 is 9.59 Å². The van der Waals surface area contributed by atoms with Crippen molar-refractivity contribution in [3.63, 3.8) is 0 Å². The Hall–Kier alpha value is -1.44. The van der Waals surface area contributed by atoms with Crippen LogP contribution in [-0.2, 0) is 9.59 Å². The first kappa shape index (κ1) is 8.63. The Balaban J connectivity index is 1.85. The largest absolute Gasteiger partial charge is 0.294 e. The average Bonchev–Trinajstić information content (AvgIpc) is 3.09. The average molecular weight is 236 g/mol. The standard InChI is InChI=1S/C16H12O2/c17-11-5-6-12(18)16-8-2-1-7-13(8)14-9(15(7,11)16)3-4-10(14)16/h1-10,13-14H/t7-,8-,9+,10+,13?,14?,15?,16?. The van der Waals surface area contributed by atoms with E-state index in [4.69, 9.17) is 0 Å². The Kier molecular flexibility index (Phi) is 0.961. The molecule has 4 fully saturated rings. The lowest BCUT2D eigenvalue weighted by atomic mass is 9.48. The lowest BCUT2D eigenvalue weighted by molar-refractivity contribution is -0.149. The molecule has 0 amide bonds. The molecule has 2 spiro atoms. The summed E-state index contributed by atoms with van der Waals surface area (Å²) in [6.07, 6.45) is 12.1. The molecule has 0 aromatic heterocycles. The molecule has 0 aliphatic heterocycles. The molecule has 88 valence electrons. The van der Waals surface area contributed by atoms with Crippen LogP contribution in [0.1, 0.15) is 0 Å². The first-order valence-corrected chi connectivity index (χ1v) is 6.89. The summed E-state index contributed by atoms with van der Waals surface area (Å²) in [5.74, 6) is 3.01. The summed E-state index contributed by atoms with van der Waals surface area (Å²) in [4.78, 5) is 25.4. The molecule has 0 saturated heterocycles. The molecule has 0 radical (unpaired) electrons. The minimum atomic E-state index is -0.368. The van der Waals surface area contributed by atoms with Gasteiger partial charge >= 0.3 is 0 Å². The van der Waals surface area contributed by atoms with E-state index in [2.05, 4.69) is 24.3 Å². The zero-order valence-electron chi connectivity index (χ0n) is 9.74. The molecule has 6 atom stereocenters. The maximum absolute atomic E-state index is 12.7. The van der Waals surface area contributed by atoms with E-state index in [1.807, 2.05) is 0 Å². The highest BCUT2D eigenvalue weighted by Gasteiger charge is 2.92. The molecule has 0 aromatic rings. The van der Waals surface area contributed by atoms with Gasteiger partial charge in [0.1, 0.15) is 0 Å². The highest BCUT2D eigenvalue weighted by Crippen LogP contribution is 2.90. The van der Waals surface area contributed by atoms with Gasteiger partial charge in [-0.3, -0.25) is 9.59 Å². The van der Waals surface area contributed by atoms with E-state index in [0.29, 0.717) is 35.5 Å². The summed E-state index contributed by atoms with van der Waals surface area (Å²) >= 11 is 0.